The van der Waals surface area contributed by atoms with Crippen LogP contribution in [0.1, 0.15) is 39.5 Å². The number of rotatable bonds is 5. The highest BCUT2D eigenvalue weighted by Gasteiger charge is 2.35. The maximum atomic E-state index is 5.76. The van der Waals surface area contributed by atoms with E-state index in [1.165, 1.54) is 38.9 Å². The first kappa shape index (κ1) is 13.3. The van der Waals surface area contributed by atoms with Crippen LogP contribution >= 0.6 is 0 Å². The van der Waals surface area contributed by atoms with Crippen molar-refractivity contribution in [1.29, 1.82) is 0 Å². The van der Waals surface area contributed by atoms with E-state index in [1.807, 2.05) is 0 Å². The van der Waals surface area contributed by atoms with Crippen LogP contribution in [-0.2, 0) is 4.74 Å². The number of nitrogens with one attached hydrogen (secondary N) is 1. The highest BCUT2D eigenvalue weighted by molar-refractivity contribution is 4.91. The molecule has 2 rings (SSSR count). The maximum absolute atomic E-state index is 5.76. The van der Waals surface area contributed by atoms with Crippen LogP contribution in [0.5, 0.6) is 0 Å². The zero-order valence-electron chi connectivity index (χ0n) is 11.5. The second-order valence-corrected chi connectivity index (χ2v) is 5.81. The summed E-state index contributed by atoms with van der Waals surface area (Å²) in [6.07, 6.45) is 5.65. The minimum atomic E-state index is 0.469. The second-order valence-electron chi connectivity index (χ2n) is 5.81. The van der Waals surface area contributed by atoms with Gasteiger partial charge in [0.15, 0.2) is 0 Å². The lowest BCUT2D eigenvalue weighted by atomic mass is 9.82. The molecular formula is C14H28N2O. The summed E-state index contributed by atoms with van der Waals surface area (Å²) in [5.41, 5.74) is 0.546. The molecule has 0 bridgehead atoms. The molecule has 1 N–H and O–H groups in total. The third-order valence-electron chi connectivity index (χ3n) is 4.35. The monoisotopic (exact) mass is 240 g/mol. The molecule has 0 aromatic rings. The fraction of sp³-hybridized carbons (Fsp3) is 1.00. The molecule has 2 fully saturated rings. The molecule has 17 heavy (non-hydrogen) atoms. The van der Waals surface area contributed by atoms with Gasteiger partial charge in [0.05, 0.1) is 12.7 Å². The van der Waals surface area contributed by atoms with E-state index in [1.54, 1.807) is 0 Å². The van der Waals surface area contributed by atoms with E-state index >= 15 is 0 Å². The SMILES string of the molecule is CCCC1(CN2CCOC(CC)C2)CCNC1. The van der Waals surface area contributed by atoms with E-state index in [-0.39, 0.29) is 0 Å². The van der Waals surface area contributed by atoms with Gasteiger partial charge >= 0.3 is 0 Å². The first-order valence-corrected chi connectivity index (χ1v) is 7.33. The molecule has 100 valence electrons. The van der Waals surface area contributed by atoms with E-state index in [0.717, 1.165) is 26.1 Å². The van der Waals surface area contributed by atoms with Crippen LogP contribution in [0.3, 0.4) is 0 Å². The van der Waals surface area contributed by atoms with Crippen molar-refractivity contribution in [3.05, 3.63) is 0 Å². The molecular weight excluding hydrogens is 212 g/mol. The summed E-state index contributed by atoms with van der Waals surface area (Å²) in [6.45, 7) is 11.4. The molecule has 2 aliphatic heterocycles. The van der Waals surface area contributed by atoms with Gasteiger partial charge in [0.2, 0.25) is 0 Å². The minimum Gasteiger partial charge on any atom is -0.376 e. The van der Waals surface area contributed by atoms with Gasteiger partial charge in [0, 0.05) is 26.2 Å². The van der Waals surface area contributed by atoms with Crippen molar-refractivity contribution in [3.63, 3.8) is 0 Å². The first-order chi connectivity index (χ1) is 8.28. The topological polar surface area (TPSA) is 24.5 Å². The number of morpholine rings is 1. The molecule has 2 atom stereocenters. The third-order valence-corrected chi connectivity index (χ3v) is 4.35. The first-order valence-electron chi connectivity index (χ1n) is 7.33. The lowest BCUT2D eigenvalue weighted by molar-refractivity contribution is -0.0417. The molecule has 2 saturated heterocycles. The van der Waals surface area contributed by atoms with Crippen molar-refractivity contribution < 1.29 is 4.74 Å². The van der Waals surface area contributed by atoms with Gasteiger partial charge in [-0.05, 0) is 31.2 Å². The van der Waals surface area contributed by atoms with Crippen molar-refractivity contribution in [2.75, 3.05) is 39.3 Å². The lowest BCUT2D eigenvalue weighted by Gasteiger charge is -2.39. The normalized spacial score (nSPS) is 35.3. The lowest BCUT2D eigenvalue weighted by Crippen LogP contribution is -2.47. The predicted octanol–water partition coefficient (Wildman–Crippen LogP) is 1.88. The van der Waals surface area contributed by atoms with Crippen LogP contribution in [0, 0.1) is 5.41 Å². The zero-order valence-corrected chi connectivity index (χ0v) is 11.5. The summed E-state index contributed by atoms with van der Waals surface area (Å²) in [4.78, 5) is 2.64. The Morgan fingerprint density at radius 3 is 2.94 bits per heavy atom. The summed E-state index contributed by atoms with van der Waals surface area (Å²) in [6, 6.07) is 0. The third kappa shape index (κ3) is 3.43. The van der Waals surface area contributed by atoms with Gasteiger partial charge in [-0.3, -0.25) is 4.90 Å². The summed E-state index contributed by atoms with van der Waals surface area (Å²) in [5.74, 6) is 0. The molecule has 0 spiro atoms. The van der Waals surface area contributed by atoms with Crippen molar-refractivity contribution in [3.8, 4) is 0 Å². The van der Waals surface area contributed by atoms with Crippen LogP contribution in [0.15, 0.2) is 0 Å². The van der Waals surface area contributed by atoms with E-state index in [4.69, 9.17) is 4.74 Å². The van der Waals surface area contributed by atoms with Crippen LogP contribution in [-0.4, -0.2) is 50.3 Å². The number of ether oxygens (including phenoxy) is 1. The predicted molar refractivity (Wildman–Crippen MR) is 71.3 cm³/mol. The Morgan fingerprint density at radius 2 is 2.29 bits per heavy atom. The molecule has 0 aromatic carbocycles. The number of nitrogens with zero attached hydrogens (tertiary/aromatic N) is 1. The smallest absolute Gasteiger partial charge is 0.0700 e. The maximum Gasteiger partial charge on any atom is 0.0700 e. The average Bonchev–Trinajstić information content (AvgIpc) is 2.78. The van der Waals surface area contributed by atoms with E-state index in [9.17, 15) is 0 Å². The van der Waals surface area contributed by atoms with Crippen LogP contribution in [0.25, 0.3) is 0 Å². The van der Waals surface area contributed by atoms with Crippen LogP contribution in [0.2, 0.25) is 0 Å². The van der Waals surface area contributed by atoms with Crippen molar-refractivity contribution in [2.45, 2.75) is 45.6 Å². The molecule has 2 aliphatic rings. The molecule has 0 aliphatic carbocycles. The van der Waals surface area contributed by atoms with Crippen LogP contribution < -0.4 is 5.32 Å². The van der Waals surface area contributed by atoms with Crippen molar-refractivity contribution >= 4 is 0 Å². The highest BCUT2D eigenvalue weighted by Crippen LogP contribution is 2.32. The van der Waals surface area contributed by atoms with Gasteiger partial charge in [-0.2, -0.15) is 0 Å². The Kier molecular flexibility index (Phi) is 4.83. The van der Waals surface area contributed by atoms with Crippen LogP contribution in [0.4, 0.5) is 0 Å². The minimum absolute atomic E-state index is 0.469. The Bertz CT molecular complexity index is 226. The Labute approximate surface area is 106 Å². The molecule has 3 heteroatoms. The average molecular weight is 240 g/mol. The summed E-state index contributed by atoms with van der Waals surface area (Å²) < 4.78 is 5.76. The van der Waals surface area contributed by atoms with Gasteiger partial charge in [0.1, 0.15) is 0 Å². The summed E-state index contributed by atoms with van der Waals surface area (Å²) in [5, 5.41) is 3.55. The fourth-order valence-corrected chi connectivity index (χ4v) is 3.40. The molecule has 2 heterocycles. The van der Waals surface area contributed by atoms with Gasteiger partial charge in [-0.1, -0.05) is 20.3 Å². The van der Waals surface area contributed by atoms with E-state index in [2.05, 4.69) is 24.1 Å². The standard InChI is InChI=1S/C14H28N2O/c1-3-5-14(6-7-15-11-14)12-16-8-9-17-13(4-2)10-16/h13,15H,3-12H2,1-2H3. The summed E-state index contributed by atoms with van der Waals surface area (Å²) >= 11 is 0. The highest BCUT2D eigenvalue weighted by atomic mass is 16.5. The number of hydrogen-bond acceptors (Lipinski definition) is 3. The largest absolute Gasteiger partial charge is 0.376 e. The van der Waals surface area contributed by atoms with Gasteiger partial charge in [-0.15, -0.1) is 0 Å². The molecule has 0 saturated carbocycles. The summed E-state index contributed by atoms with van der Waals surface area (Å²) in [7, 11) is 0. The Hall–Kier alpha value is -0.120. The van der Waals surface area contributed by atoms with E-state index < -0.39 is 0 Å². The van der Waals surface area contributed by atoms with Gasteiger partial charge in [-0.25, -0.2) is 0 Å². The van der Waals surface area contributed by atoms with Gasteiger partial charge < -0.3 is 10.1 Å². The van der Waals surface area contributed by atoms with E-state index in [0.29, 0.717) is 11.5 Å². The second kappa shape index (κ2) is 6.17. The van der Waals surface area contributed by atoms with Crippen molar-refractivity contribution in [1.82, 2.24) is 10.2 Å². The van der Waals surface area contributed by atoms with Gasteiger partial charge in [0.25, 0.3) is 0 Å². The zero-order chi connectivity index (χ0) is 12.1. The quantitative estimate of drug-likeness (QED) is 0.794. The molecule has 0 aromatic heterocycles. The van der Waals surface area contributed by atoms with Crippen molar-refractivity contribution in [2.24, 2.45) is 5.41 Å². The molecule has 0 amide bonds. The fourth-order valence-electron chi connectivity index (χ4n) is 3.40. The Morgan fingerprint density at radius 1 is 1.41 bits per heavy atom. The molecule has 0 radical (unpaired) electrons. The Balaban J connectivity index is 1.88. The number of hydrogen-bond donors (Lipinski definition) is 1. The molecule has 3 nitrogen and oxygen atoms in total. The molecule has 2 unspecified atom stereocenters.